The van der Waals surface area contributed by atoms with Gasteiger partial charge in [-0.2, -0.15) is 5.10 Å². The second-order valence-corrected chi connectivity index (χ2v) is 2.99. The first-order chi connectivity index (χ1) is 5.42. The molecule has 2 aromatic rings. The quantitative estimate of drug-likeness (QED) is 0.654. The first kappa shape index (κ1) is 6.67. The third-order valence-electron chi connectivity index (χ3n) is 1.53. The highest BCUT2D eigenvalue weighted by atomic mass is 32.2. The number of nitrogens with zero attached hydrogens (tertiary/aromatic N) is 2. The predicted octanol–water partition coefficient (Wildman–Crippen LogP) is 1.68. The van der Waals surface area contributed by atoms with Crippen LogP contribution in [0.4, 0.5) is 0 Å². The average molecular weight is 165 g/mol. The van der Waals surface area contributed by atoms with Crippen LogP contribution in [-0.4, -0.2) is 21.4 Å². The van der Waals surface area contributed by atoms with Gasteiger partial charge >= 0.3 is 0 Å². The normalized spacial score (nSPS) is 10.6. The summed E-state index contributed by atoms with van der Waals surface area (Å²) in [5.74, 6) is 0. The molecule has 0 aliphatic carbocycles. The fourth-order valence-corrected chi connectivity index (χ4v) is 1.57. The number of pyridine rings is 1. The molecule has 0 saturated carbocycles. The summed E-state index contributed by atoms with van der Waals surface area (Å²) in [5.41, 5.74) is 0.858. The molecule has 0 spiro atoms. The molecule has 1 N–H and O–H groups in total. The summed E-state index contributed by atoms with van der Waals surface area (Å²) in [6.45, 7) is 0. The maximum atomic E-state index is 4.12. The Labute approximate surface area is 68.2 Å². The molecule has 0 saturated heterocycles. The van der Waals surface area contributed by atoms with Crippen LogP contribution in [0, 0.1) is 0 Å². The smallest absolute Gasteiger partial charge is 0.156 e. The number of hydrogen-bond donors (Lipinski definition) is 1. The van der Waals surface area contributed by atoms with Crippen LogP contribution in [0.1, 0.15) is 0 Å². The van der Waals surface area contributed by atoms with Crippen molar-refractivity contribution in [2.75, 3.05) is 6.26 Å². The third kappa shape index (κ3) is 0.991. The van der Waals surface area contributed by atoms with Gasteiger partial charge in [0.25, 0.3) is 0 Å². The number of nitrogens with one attached hydrogen (secondary N) is 1. The van der Waals surface area contributed by atoms with Crippen LogP contribution < -0.4 is 0 Å². The minimum atomic E-state index is 0.858. The number of thioether (sulfide) groups is 1. The van der Waals surface area contributed by atoms with Gasteiger partial charge in [0.15, 0.2) is 5.65 Å². The number of rotatable bonds is 1. The zero-order valence-electron chi connectivity index (χ0n) is 6.03. The molecule has 0 atom stereocenters. The van der Waals surface area contributed by atoms with Crippen molar-refractivity contribution in [2.24, 2.45) is 0 Å². The van der Waals surface area contributed by atoms with Gasteiger partial charge in [-0.05, 0) is 12.3 Å². The molecular formula is C7H7N3S. The van der Waals surface area contributed by atoms with E-state index in [1.54, 1.807) is 24.2 Å². The van der Waals surface area contributed by atoms with E-state index in [0.717, 1.165) is 11.0 Å². The van der Waals surface area contributed by atoms with E-state index in [1.807, 2.05) is 12.3 Å². The van der Waals surface area contributed by atoms with Crippen LogP contribution in [-0.2, 0) is 0 Å². The lowest BCUT2D eigenvalue weighted by atomic mass is 10.4. The summed E-state index contributed by atoms with van der Waals surface area (Å²) < 4.78 is 0. The molecule has 2 rings (SSSR count). The molecule has 0 bridgehead atoms. The molecule has 56 valence electrons. The van der Waals surface area contributed by atoms with E-state index in [-0.39, 0.29) is 0 Å². The topological polar surface area (TPSA) is 41.6 Å². The number of aromatic nitrogens is 3. The summed E-state index contributed by atoms with van der Waals surface area (Å²) in [6, 6.07) is 1.99. The van der Waals surface area contributed by atoms with E-state index in [1.165, 1.54) is 4.90 Å². The Morgan fingerprint density at radius 2 is 2.45 bits per heavy atom. The molecule has 0 radical (unpaired) electrons. The molecule has 4 heteroatoms. The number of fused-ring (bicyclic) bond motifs is 1. The number of aromatic amines is 1. The van der Waals surface area contributed by atoms with Gasteiger partial charge in [-0.1, -0.05) is 0 Å². The van der Waals surface area contributed by atoms with Crippen molar-refractivity contribution < 1.29 is 0 Å². The van der Waals surface area contributed by atoms with Gasteiger partial charge in [0.05, 0.1) is 11.6 Å². The van der Waals surface area contributed by atoms with Crippen molar-refractivity contribution in [3.8, 4) is 0 Å². The zero-order valence-corrected chi connectivity index (χ0v) is 6.85. The van der Waals surface area contributed by atoms with E-state index < -0.39 is 0 Å². The Bertz CT molecular complexity index is 368. The van der Waals surface area contributed by atoms with Crippen LogP contribution in [0.25, 0.3) is 11.0 Å². The van der Waals surface area contributed by atoms with E-state index in [2.05, 4.69) is 15.2 Å². The Hall–Kier alpha value is -1.03. The molecule has 0 amide bonds. The number of hydrogen-bond acceptors (Lipinski definition) is 3. The van der Waals surface area contributed by atoms with Crippen LogP contribution >= 0.6 is 11.8 Å². The highest BCUT2D eigenvalue weighted by Crippen LogP contribution is 2.22. The molecular weight excluding hydrogens is 158 g/mol. The highest BCUT2D eigenvalue weighted by molar-refractivity contribution is 7.98. The van der Waals surface area contributed by atoms with E-state index >= 15 is 0 Å². The van der Waals surface area contributed by atoms with E-state index in [0.29, 0.717) is 0 Å². The molecule has 11 heavy (non-hydrogen) atoms. The van der Waals surface area contributed by atoms with Gasteiger partial charge in [-0.15, -0.1) is 11.8 Å². The Morgan fingerprint density at radius 3 is 3.27 bits per heavy atom. The highest BCUT2D eigenvalue weighted by Gasteiger charge is 2.00. The lowest BCUT2D eigenvalue weighted by molar-refractivity contribution is 1.10. The van der Waals surface area contributed by atoms with Crippen molar-refractivity contribution >= 4 is 22.8 Å². The van der Waals surface area contributed by atoms with Gasteiger partial charge in [0, 0.05) is 11.1 Å². The molecule has 2 aromatic heterocycles. The summed E-state index contributed by atoms with van der Waals surface area (Å²) in [5, 5.41) is 7.83. The minimum absolute atomic E-state index is 0.858. The summed E-state index contributed by atoms with van der Waals surface area (Å²) >= 11 is 1.70. The third-order valence-corrected chi connectivity index (χ3v) is 2.33. The van der Waals surface area contributed by atoms with Crippen molar-refractivity contribution in [2.45, 2.75) is 4.90 Å². The van der Waals surface area contributed by atoms with Gasteiger partial charge in [0.1, 0.15) is 0 Å². The Kier molecular flexibility index (Phi) is 1.54. The van der Waals surface area contributed by atoms with Gasteiger partial charge in [0.2, 0.25) is 0 Å². The molecule has 0 unspecified atom stereocenters. The molecule has 0 aliphatic heterocycles. The molecule has 3 nitrogen and oxygen atoms in total. The molecule has 0 fully saturated rings. The summed E-state index contributed by atoms with van der Waals surface area (Å²) in [6.07, 6.45) is 5.63. The first-order valence-electron chi connectivity index (χ1n) is 3.24. The molecule has 2 heterocycles. The van der Waals surface area contributed by atoms with Crippen molar-refractivity contribution in [1.29, 1.82) is 0 Å². The van der Waals surface area contributed by atoms with Gasteiger partial charge in [-0.25, -0.2) is 4.98 Å². The Balaban J connectivity index is 2.79. The zero-order chi connectivity index (χ0) is 7.68. The van der Waals surface area contributed by atoms with Gasteiger partial charge in [-0.3, -0.25) is 5.10 Å². The fourth-order valence-electron chi connectivity index (χ4n) is 1.01. The van der Waals surface area contributed by atoms with Gasteiger partial charge < -0.3 is 0 Å². The predicted molar refractivity (Wildman–Crippen MR) is 45.7 cm³/mol. The summed E-state index contributed by atoms with van der Waals surface area (Å²) in [4.78, 5) is 5.33. The largest absolute Gasteiger partial charge is 0.261 e. The second kappa shape index (κ2) is 2.54. The monoisotopic (exact) mass is 165 g/mol. The average Bonchev–Trinajstić information content (AvgIpc) is 2.50. The van der Waals surface area contributed by atoms with Crippen molar-refractivity contribution in [1.82, 2.24) is 15.2 Å². The van der Waals surface area contributed by atoms with Crippen LogP contribution in [0.15, 0.2) is 23.4 Å². The Morgan fingerprint density at radius 1 is 1.55 bits per heavy atom. The van der Waals surface area contributed by atoms with Crippen LogP contribution in [0.2, 0.25) is 0 Å². The number of H-pyrrole nitrogens is 1. The van der Waals surface area contributed by atoms with Crippen molar-refractivity contribution in [3.63, 3.8) is 0 Å². The molecule has 0 aromatic carbocycles. The minimum Gasteiger partial charge on any atom is -0.261 e. The lowest BCUT2D eigenvalue weighted by Crippen LogP contribution is -1.76. The van der Waals surface area contributed by atoms with E-state index in [9.17, 15) is 0 Å². The molecule has 0 aliphatic rings. The SMILES string of the molecule is CSc1ccnc2[nH]ncc12. The second-order valence-electron chi connectivity index (χ2n) is 2.15. The van der Waals surface area contributed by atoms with Crippen molar-refractivity contribution in [3.05, 3.63) is 18.5 Å². The van der Waals surface area contributed by atoms with Crippen LogP contribution in [0.3, 0.4) is 0 Å². The maximum Gasteiger partial charge on any atom is 0.156 e. The maximum absolute atomic E-state index is 4.12. The first-order valence-corrected chi connectivity index (χ1v) is 4.46. The summed E-state index contributed by atoms with van der Waals surface area (Å²) in [7, 11) is 0. The fraction of sp³-hybridized carbons (Fsp3) is 0.143. The van der Waals surface area contributed by atoms with E-state index in [4.69, 9.17) is 0 Å². The van der Waals surface area contributed by atoms with Crippen LogP contribution in [0.5, 0.6) is 0 Å². The lowest BCUT2D eigenvalue weighted by Gasteiger charge is -1.94. The standard InChI is InChI=1S/C7H7N3S/c1-11-6-2-3-8-7-5(6)4-9-10-7/h2-4H,1H3,(H,8,9,10).